The Kier molecular flexibility index (Phi) is 4.58. The van der Waals surface area contributed by atoms with Crippen molar-refractivity contribution < 1.29 is 14.3 Å². The second-order valence-electron chi connectivity index (χ2n) is 4.37. The van der Waals surface area contributed by atoms with E-state index in [0.717, 1.165) is 12.8 Å². The summed E-state index contributed by atoms with van der Waals surface area (Å²) < 4.78 is 10.5. The summed E-state index contributed by atoms with van der Waals surface area (Å²) in [6, 6.07) is 0. The van der Waals surface area contributed by atoms with Gasteiger partial charge >= 0.3 is 5.97 Å². The van der Waals surface area contributed by atoms with Gasteiger partial charge in [-0.05, 0) is 32.6 Å². The fourth-order valence-corrected chi connectivity index (χ4v) is 2.34. The second-order valence-corrected chi connectivity index (χ2v) is 4.37. The van der Waals surface area contributed by atoms with Crippen LogP contribution in [0.2, 0.25) is 0 Å². The fraction of sp³-hybridized carbons (Fsp3) is 0.917. The standard InChI is InChI=1S/C12H22O3/c1-4-15-11(13)12(2,14-3)10-8-6-5-7-9-10/h10H,4-9H2,1-3H3. The highest BCUT2D eigenvalue weighted by Gasteiger charge is 2.43. The molecule has 0 aliphatic heterocycles. The Hall–Kier alpha value is -0.570. The first-order valence-electron chi connectivity index (χ1n) is 5.87. The van der Waals surface area contributed by atoms with Gasteiger partial charge in [-0.1, -0.05) is 19.3 Å². The van der Waals surface area contributed by atoms with Crippen molar-refractivity contribution in [1.82, 2.24) is 0 Å². The molecule has 0 aromatic rings. The number of hydrogen-bond donors (Lipinski definition) is 0. The largest absolute Gasteiger partial charge is 0.464 e. The zero-order valence-corrected chi connectivity index (χ0v) is 10.0. The number of methoxy groups -OCH3 is 1. The summed E-state index contributed by atoms with van der Waals surface area (Å²) in [6.07, 6.45) is 5.82. The molecule has 1 fully saturated rings. The molecular formula is C12H22O3. The van der Waals surface area contributed by atoms with Gasteiger partial charge in [0.1, 0.15) is 0 Å². The van der Waals surface area contributed by atoms with Crippen LogP contribution in [0.4, 0.5) is 0 Å². The maximum Gasteiger partial charge on any atom is 0.338 e. The van der Waals surface area contributed by atoms with E-state index in [1.54, 1.807) is 7.11 Å². The van der Waals surface area contributed by atoms with Crippen molar-refractivity contribution in [3.63, 3.8) is 0 Å². The van der Waals surface area contributed by atoms with Crippen molar-refractivity contribution in [3.05, 3.63) is 0 Å². The zero-order valence-electron chi connectivity index (χ0n) is 10.0. The smallest absolute Gasteiger partial charge is 0.338 e. The highest BCUT2D eigenvalue weighted by Crippen LogP contribution is 2.35. The molecule has 0 aromatic heterocycles. The summed E-state index contributed by atoms with van der Waals surface area (Å²) in [5, 5.41) is 0. The molecule has 0 spiro atoms. The highest BCUT2D eigenvalue weighted by atomic mass is 16.6. The number of esters is 1. The van der Waals surface area contributed by atoms with Crippen LogP contribution in [0.15, 0.2) is 0 Å². The van der Waals surface area contributed by atoms with Gasteiger partial charge in [-0.3, -0.25) is 0 Å². The van der Waals surface area contributed by atoms with E-state index in [-0.39, 0.29) is 5.97 Å². The van der Waals surface area contributed by atoms with Crippen LogP contribution in [0.5, 0.6) is 0 Å². The molecular weight excluding hydrogens is 192 g/mol. The molecule has 88 valence electrons. The Labute approximate surface area is 92.1 Å². The topological polar surface area (TPSA) is 35.5 Å². The quantitative estimate of drug-likeness (QED) is 0.675. The van der Waals surface area contributed by atoms with Crippen LogP contribution in [-0.2, 0) is 14.3 Å². The molecule has 1 rings (SSSR count). The number of rotatable bonds is 4. The van der Waals surface area contributed by atoms with E-state index in [4.69, 9.17) is 9.47 Å². The van der Waals surface area contributed by atoms with Gasteiger partial charge in [-0.25, -0.2) is 4.79 Å². The van der Waals surface area contributed by atoms with Crippen molar-refractivity contribution in [3.8, 4) is 0 Å². The van der Waals surface area contributed by atoms with Crippen LogP contribution in [0.25, 0.3) is 0 Å². The van der Waals surface area contributed by atoms with E-state index in [2.05, 4.69) is 0 Å². The molecule has 1 aliphatic carbocycles. The van der Waals surface area contributed by atoms with Gasteiger partial charge in [0, 0.05) is 7.11 Å². The minimum atomic E-state index is -0.740. The number of ether oxygens (including phenoxy) is 2. The Morgan fingerprint density at radius 2 is 1.93 bits per heavy atom. The zero-order chi connectivity index (χ0) is 11.3. The Balaban J connectivity index is 2.68. The van der Waals surface area contributed by atoms with Gasteiger partial charge in [0.15, 0.2) is 5.60 Å². The first kappa shape index (κ1) is 12.5. The summed E-state index contributed by atoms with van der Waals surface area (Å²) in [4.78, 5) is 11.8. The summed E-state index contributed by atoms with van der Waals surface area (Å²) >= 11 is 0. The SMILES string of the molecule is CCOC(=O)C(C)(OC)C1CCCCC1. The van der Waals surface area contributed by atoms with E-state index in [1.165, 1.54) is 19.3 Å². The molecule has 0 saturated heterocycles. The lowest BCUT2D eigenvalue weighted by atomic mass is 9.77. The molecule has 1 atom stereocenters. The van der Waals surface area contributed by atoms with Crippen molar-refractivity contribution in [2.75, 3.05) is 13.7 Å². The van der Waals surface area contributed by atoms with Gasteiger partial charge in [-0.15, -0.1) is 0 Å². The molecule has 0 N–H and O–H groups in total. The van der Waals surface area contributed by atoms with Gasteiger partial charge in [0.05, 0.1) is 6.61 Å². The lowest BCUT2D eigenvalue weighted by Crippen LogP contribution is -2.46. The molecule has 1 saturated carbocycles. The lowest BCUT2D eigenvalue weighted by molar-refractivity contribution is -0.175. The molecule has 1 aliphatic rings. The number of carbonyl (C=O) groups excluding carboxylic acids is 1. The van der Waals surface area contributed by atoms with E-state index in [9.17, 15) is 4.79 Å². The third-order valence-electron chi connectivity index (χ3n) is 3.49. The summed E-state index contributed by atoms with van der Waals surface area (Å²) in [7, 11) is 1.60. The van der Waals surface area contributed by atoms with E-state index >= 15 is 0 Å². The van der Waals surface area contributed by atoms with Crippen LogP contribution >= 0.6 is 0 Å². The monoisotopic (exact) mass is 214 g/mol. The molecule has 3 nitrogen and oxygen atoms in total. The molecule has 15 heavy (non-hydrogen) atoms. The van der Waals surface area contributed by atoms with Gasteiger partial charge in [-0.2, -0.15) is 0 Å². The fourth-order valence-electron chi connectivity index (χ4n) is 2.34. The molecule has 0 radical (unpaired) electrons. The Morgan fingerprint density at radius 3 is 2.40 bits per heavy atom. The minimum absolute atomic E-state index is 0.209. The number of carbonyl (C=O) groups is 1. The van der Waals surface area contributed by atoms with Gasteiger partial charge in [0.2, 0.25) is 0 Å². The summed E-state index contributed by atoms with van der Waals surface area (Å²) in [5.41, 5.74) is -0.740. The average Bonchev–Trinajstić information content (AvgIpc) is 2.29. The first-order chi connectivity index (χ1) is 7.15. The lowest BCUT2D eigenvalue weighted by Gasteiger charge is -2.36. The van der Waals surface area contributed by atoms with Crippen molar-refractivity contribution in [1.29, 1.82) is 0 Å². The predicted molar refractivity (Wildman–Crippen MR) is 58.6 cm³/mol. The van der Waals surface area contributed by atoms with E-state index < -0.39 is 5.60 Å². The maximum atomic E-state index is 11.8. The van der Waals surface area contributed by atoms with Crippen molar-refractivity contribution in [2.24, 2.45) is 5.92 Å². The second kappa shape index (κ2) is 5.50. The normalized spacial score (nSPS) is 22.1. The Morgan fingerprint density at radius 1 is 1.33 bits per heavy atom. The summed E-state index contributed by atoms with van der Waals surface area (Å²) in [5.74, 6) is 0.106. The highest BCUT2D eigenvalue weighted by molar-refractivity contribution is 5.79. The third kappa shape index (κ3) is 2.71. The molecule has 0 amide bonds. The molecule has 0 bridgehead atoms. The van der Waals surface area contributed by atoms with Crippen molar-refractivity contribution in [2.45, 2.75) is 51.6 Å². The van der Waals surface area contributed by atoms with E-state index in [1.807, 2.05) is 13.8 Å². The predicted octanol–water partition coefficient (Wildman–Crippen LogP) is 2.53. The van der Waals surface area contributed by atoms with Crippen LogP contribution in [0.1, 0.15) is 46.0 Å². The molecule has 0 aromatic carbocycles. The average molecular weight is 214 g/mol. The summed E-state index contributed by atoms with van der Waals surface area (Å²) in [6.45, 7) is 4.11. The van der Waals surface area contributed by atoms with Crippen LogP contribution < -0.4 is 0 Å². The number of hydrogen-bond acceptors (Lipinski definition) is 3. The molecule has 0 heterocycles. The maximum absolute atomic E-state index is 11.8. The van der Waals surface area contributed by atoms with Crippen LogP contribution in [-0.4, -0.2) is 25.3 Å². The minimum Gasteiger partial charge on any atom is -0.464 e. The molecule has 1 unspecified atom stereocenters. The van der Waals surface area contributed by atoms with Crippen LogP contribution in [0, 0.1) is 5.92 Å². The van der Waals surface area contributed by atoms with Gasteiger partial charge < -0.3 is 9.47 Å². The van der Waals surface area contributed by atoms with Gasteiger partial charge in [0.25, 0.3) is 0 Å². The molecule has 3 heteroatoms. The van der Waals surface area contributed by atoms with E-state index in [0.29, 0.717) is 12.5 Å². The Bertz CT molecular complexity index is 209. The first-order valence-corrected chi connectivity index (χ1v) is 5.87. The van der Waals surface area contributed by atoms with Crippen LogP contribution in [0.3, 0.4) is 0 Å². The third-order valence-corrected chi connectivity index (χ3v) is 3.49. The van der Waals surface area contributed by atoms with Crippen molar-refractivity contribution >= 4 is 5.97 Å².